The first-order valence-corrected chi connectivity index (χ1v) is 5.89. The number of amides is 1. The van der Waals surface area contributed by atoms with Gasteiger partial charge in [0.1, 0.15) is 5.75 Å². The van der Waals surface area contributed by atoms with Crippen molar-refractivity contribution < 1.29 is 9.53 Å². The number of carbonyl (C=O) groups excluding carboxylic acids is 1. The molecule has 0 saturated heterocycles. The maximum atomic E-state index is 11.3. The van der Waals surface area contributed by atoms with Crippen molar-refractivity contribution in [1.29, 1.82) is 0 Å². The molecule has 0 aromatic heterocycles. The van der Waals surface area contributed by atoms with Crippen LogP contribution in [-0.2, 0) is 11.2 Å². The highest BCUT2D eigenvalue weighted by atomic mass is 16.5. The predicted octanol–water partition coefficient (Wildman–Crippen LogP) is 1.09. The van der Waals surface area contributed by atoms with Crippen molar-refractivity contribution in [2.75, 3.05) is 13.2 Å². The van der Waals surface area contributed by atoms with E-state index in [2.05, 4.69) is 5.32 Å². The minimum absolute atomic E-state index is 0.126. The van der Waals surface area contributed by atoms with E-state index in [-0.39, 0.29) is 5.91 Å². The Morgan fingerprint density at radius 1 is 1.47 bits per heavy atom. The zero-order chi connectivity index (χ0) is 12.7. The van der Waals surface area contributed by atoms with E-state index in [0.717, 1.165) is 17.7 Å². The van der Waals surface area contributed by atoms with Gasteiger partial charge in [0, 0.05) is 6.54 Å². The highest BCUT2D eigenvalue weighted by Crippen LogP contribution is 2.17. The van der Waals surface area contributed by atoms with Gasteiger partial charge in [0.15, 0.2) is 0 Å². The highest BCUT2D eigenvalue weighted by Gasteiger charge is 2.07. The third kappa shape index (κ3) is 4.44. The van der Waals surface area contributed by atoms with Gasteiger partial charge in [-0.1, -0.05) is 18.2 Å². The molecule has 94 valence electrons. The van der Waals surface area contributed by atoms with Crippen LogP contribution in [0.15, 0.2) is 24.3 Å². The summed E-state index contributed by atoms with van der Waals surface area (Å²) in [6.45, 7) is 4.84. The van der Waals surface area contributed by atoms with Crippen LogP contribution in [0.5, 0.6) is 5.75 Å². The number of ether oxygens (including phenoxy) is 1. The molecule has 0 aliphatic carbocycles. The zero-order valence-corrected chi connectivity index (χ0v) is 10.4. The fourth-order valence-electron chi connectivity index (χ4n) is 1.49. The number of rotatable bonds is 6. The van der Waals surface area contributed by atoms with Crippen molar-refractivity contribution in [3.63, 3.8) is 0 Å². The average molecular weight is 236 g/mol. The van der Waals surface area contributed by atoms with Crippen LogP contribution < -0.4 is 15.8 Å². The second-order valence-corrected chi connectivity index (χ2v) is 3.87. The molecule has 0 aliphatic heterocycles. The molecule has 1 aromatic rings. The number of hydrogen-bond donors (Lipinski definition) is 2. The Morgan fingerprint density at radius 3 is 2.82 bits per heavy atom. The van der Waals surface area contributed by atoms with Crippen LogP contribution in [0.25, 0.3) is 0 Å². The Labute approximate surface area is 102 Å². The Morgan fingerprint density at radius 2 is 2.18 bits per heavy atom. The van der Waals surface area contributed by atoms with Gasteiger partial charge in [-0.15, -0.1) is 0 Å². The normalized spacial score (nSPS) is 11.9. The zero-order valence-electron chi connectivity index (χ0n) is 10.4. The third-order valence-corrected chi connectivity index (χ3v) is 2.38. The number of nitrogens with two attached hydrogens (primary N) is 1. The SMILES string of the molecule is CCOc1ccccc1CCNC(=O)[C@H](C)N. The van der Waals surface area contributed by atoms with Crippen molar-refractivity contribution in [3.8, 4) is 5.75 Å². The summed E-state index contributed by atoms with van der Waals surface area (Å²) in [6, 6.07) is 7.38. The molecule has 0 heterocycles. The van der Waals surface area contributed by atoms with Gasteiger partial charge in [-0.05, 0) is 31.9 Å². The smallest absolute Gasteiger partial charge is 0.236 e. The van der Waals surface area contributed by atoms with Crippen LogP contribution in [0.1, 0.15) is 19.4 Å². The molecule has 1 atom stereocenters. The molecule has 1 rings (SSSR count). The van der Waals surface area contributed by atoms with Crippen LogP contribution in [0.3, 0.4) is 0 Å². The quantitative estimate of drug-likeness (QED) is 0.777. The molecule has 3 N–H and O–H groups in total. The molecular formula is C13H20N2O2. The van der Waals surface area contributed by atoms with Crippen molar-refractivity contribution in [1.82, 2.24) is 5.32 Å². The van der Waals surface area contributed by atoms with Crippen LogP contribution in [0, 0.1) is 0 Å². The predicted molar refractivity (Wildman–Crippen MR) is 68.0 cm³/mol. The second-order valence-electron chi connectivity index (χ2n) is 3.87. The number of nitrogens with one attached hydrogen (secondary N) is 1. The molecule has 0 saturated carbocycles. The summed E-state index contributed by atoms with van der Waals surface area (Å²) < 4.78 is 5.50. The molecule has 1 aromatic carbocycles. The lowest BCUT2D eigenvalue weighted by Crippen LogP contribution is -2.39. The largest absolute Gasteiger partial charge is 0.494 e. The molecule has 1 amide bonds. The monoisotopic (exact) mass is 236 g/mol. The molecule has 0 aliphatic rings. The van der Waals surface area contributed by atoms with Gasteiger partial charge >= 0.3 is 0 Å². The van der Waals surface area contributed by atoms with E-state index in [9.17, 15) is 4.79 Å². The standard InChI is InChI=1S/C13H20N2O2/c1-3-17-12-7-5-4-6-11(12)8-9-15-13(16)10(2)14/h4-7,10H,3,8-9,14H2,1-2H3,(H,15,16)/t10-/m0/s1. The molecular weight excluding hydrogens is 216 g/mol. The topological polar surface area (TPSA) is 64.3 Å². The summed E-state index contributed by atoms with van der Waals surface area (Å²) in [6.07, 6.45) is 0.745. The summed E-state index contributed by atoms with van der Waals surface area (Å²) in [5.74, 6) is 0.754. The summed E-state index contributed by atoms with van der Waals surface area (Å²) in [5.41, 5.74) is 6.55. The van der Waals surface area contributed by atoms with Crippen molar-refractivity contribution in [2.24, 2.45) is 5.73 Å². The Balaban J connectivity index is 2.48. The average Bonchev–Trinajstić information content (AvgIpc) is 2.31. The molecule has 0 unspecified atom stereocenters. The van der Waals surface area contributed by atoms with E-state index in [4.69, 9.17) is 10.5 Å². The van der Waals surface area contributed by atoms with E-state index in [0.29, 0.717) is 13.2 Å². The van der Waals surface area contributed by atoms with Crippen LogP contribution in [0.4, 0.5) is 0 Å². The summed E-state index contributed by atoms with van der Waals surface area (Å²) in [5, 5.41) is 2.78. The molecule has 0 fully saturated rings. The van der Waals surface area contributed by atoms with Crippen molar-refractivity contribution >= 4 is 5.91 Å². The minimum Gasteiger partial charge on any atom is -0.494 e. The van der Waals surface area contributed by atoms with Gasteiger partial charge < -0.3 is 15.8 Å². The Hall–Kier alpha value is -1.55. The van der Waals surface area contributed by atoms with Crippen LogP contribution in [-0.4, -0.2) is 25.1 Å². The summed E-state index contributed by atoms with van der Waals surface area (Å²) in [7, 11) is 0. The first kappa shape index (κ1) is 13.5. The molecule has 4 nitrogen and oxygen atoms in total. The maximum Gasteiger partial charge on any atom is 0.236 e. The number of para-hydroxylation sites is 1. The number of hydrogen-bond acceptors (Lipinski definition) is 3. The minimum atomic E-state index is -0.461. The summed E-state index contributed by atoms with van der Waals surface area (Å²) in [4.78, 5) is 11.3. The van der Waals surface area contributed by atoms with Crippen LogP contribution in [0.2, 0.25) is 0 Å². The van der Waals surface area contributed by atoms with Gasteiger partial charge in [0.25, 0.3) is 0 Å². The first-order valence-electron chi connectivity index (χ1n) is 5.89. The number of carbonyl (C=O) groups is 1. The first-order chi connectivity index (χ1) is 8.15. The fraction of sp³-hybridized carbons (Fsp3) is 0.462. The Bertz CT molecular complexity index is 364. The molecule has 17 heavy (non-hydrogen) atoms. The molecule has 4 heteroatoms. The molecule has 0 spiro atoms. The molecule has 0 bridgehead atoms. The Kier molecular flexibility index (Phi) is 5.49. The highest BCUT2D eigenvalue weighted by molar-refractivity contribution is 5.80. The van der Waals surface area contributed by atoms with Gasteiger partial charge in [0.05, 0.1) is 12.6 Å². The molecule has 0 radical (unpaired) electrons. The van der Waals surface area contributed by atoms with Crippen molar-refractivity contribution in [3.05, 3.63) is 29.8 Å². The van der Waals surface area contributed by atoms with E-state index >= 15 is 0 Å². The van der Waals surface area contributed by atoms with E-state index in [1.165, 1.54) is 0 Å². The van der Waals surface area contributed by atoms with Gasteiger partial charge in [-0.25, -0.2) is 0 Å². The van der Waals surface area contributed by atoms with Crippen molar-refractivity contribution in [2.45, 2.75) is 26.3 Å². The van der Waals surface area contributed by atoms with Gasteiger partial charge in [-0.3, -0.25) is 4.79 Å². The lowest BCUT2D eigenvalue weighted by atomic mass is 10.1. The van der Waals surface area contributed by atoms with Gasteiger partial charge in [-0.2, -0.15) is 0 Å². The van der Waals surface area contributed by atoms with E-state index in [1.54, 1.807) is 6.92 Å². The maximum absolute atomic E-state index is 11.3. The fourth-order valence-corrected chi connectivity index (χ4v) is 1.49. The van der Waals surface area contributed by atoms with Gasteiger partial charge in [0.2, 0.25) is 5.91 Å². The van der Waals surface area contributed by atoms with E-state index in [1.807, 2.05) is 31.2 Å². The lowest BCUT2D eigenvalue weighted by Gasteiger charge is -2.11. The second kappa shape index (κ2) is 6.91. The summed E-state index contributed by atoms with van der Waals surface area (Å²) >= 11 is 0. The lowest BCUT2D eigenvalue weighted by molar-refractivity contribution is -0.121. The number of benzene rings is 1. The van der Waals surface area contributed by atoms with E-state index < -0.39 is 6.04 Å². The van der Waals surface area contributed by atoms with Crippen LogP contribution >= 0.6 is 0 Å². The third-order valence-electron chi connectivity index (χ3n) is 2.38.